The van der Waals surface area contributed by atoms with Crippen molar-refractivity contribution in [2.24, 2.45) is 10.7 Å². The van der Waals surface area contributed by atoms with Gasteiger partial charge in [0.05, 0.1) is 6.54 Å². The molecule has 0 aliphatic heterocycles. The summed E-state index contributed by atoms with van der Waals surface area (Å²) in [5.74, 6) is 0.0125. The second-order valence-electron chi connectivity index (χ2n) is 4.47. The van der Waals surface area contributed by atoms with Crippen molar-refractivity contribution in [1.82, 2.24) is 0 Å². The highest BCUT2D eigenvalue weighted by molar-refractivity contribution is 5.92. The molecule has 104 valence electrons. The van der Waals surface area contributed by atoms with Crippen LogP contribution in [0.3, 0.4) is 0 Å². The van der Waals surface area contributed by atoms with Crippen molar-refractivity contribution in [3.8, 4) is 0 Å². The van der Waals surface area contributed by atoms with Gasteiger partial charge in [-0.25, -0.2) is 9.38 Å². The Kier molecular flexibility index (Phi) is 4.71. The highest BCUT2D eigenvalue weighted by atomic mass is 19.1. The van der Waals surface area contributed by atoms with Crippen LogP contribution in [-0.2, 0) is 13.0 Å². The van der Waals surface area contributed by atoms with Crippen LogP contribution < -0.4 is 11.1 Å². The molecule has 3 nitrogen and oxygen atoms in total. The average Bonchev–Trinajstić information content (AvgIpc) is 2.46. The van der Waals surface area contributed by atoms with Crippen molar-refractivity contribution in [1.29, 1.82) is 0 Å². The summed E-state index contributed by atoms with van der Waals surface area (Å²) >= 11 is 0. The molecule has 4 heteroatoms. The molecule has 0 saturated carbocycles. The van der Waals surface area contributed by atoms with E-state index in [0.29, 0.717) is 5.56 Å². The molecule has 20 heavy (non-hydrogen) atoms. The molecule has 2 aromatic carbocycles. The normalized spacial score (nSPS) is 11.4. The Labute approximate surface area is 118 Å². The van der Waals surface area contributed by atoms with Gasteiger partial charge in [-0.3, -0.25) is 0 Å². The Morgan fingerprint density at radius 3 is 2.75 bits per heavy atom. The minimum atomic E-state index is -0.267. The van der Waals surface area contributed by atoms with Crippen molar-refractivity contribution in [2.45, 2.75) is 19.9 Å². The molecule has 0 heterocycles. The maximum Gasteiger partial charge on any atom is 0.193 e. The highest BCUT2D eigenvalue weighted by Crippen LogP contribution is 2.11. The highest BCUT2D eigenvalue weighted by Gasteiger charge is 2.00. The number of halogens is 1. The van der Waals surface area contributed by atoms with E-state index < -0.39 is 0 Å². The van der Waals surface area contributed by atoms with Gasteiger partial charge in [0.15, 0.2) is 5.96 Å². The summed E-state index contributed by atoms with van der Waals surface area (Å²) in [7, 11) is 0. The lowest BCUT2D eigenvalue weighted by Gasteiger charge is -2.07. The molecule has 0 aromatic heterocycles. The summed E-state index contributed by atoms with van der Waals surface area (Å²) in [5, 5.41) is 3.01. The third-order valence-electron chi connectivity index (χ3n) is 2.99. The zero-order valence-electron chi connectivity index (χ0n) is 11.4. The van der Waals surface area contributed by atoms with Gasteiger partial charge >= 0.3 is 0 Å². The largest absolute Gasteiger partial charge is 0.370 e. The lowest BCUT2D eigenvalue weighted by Crippen LogP contribution is -2.22. The average molecular weight is 271 g/mol. The molecule has 0 unspecified atom stereocenters. The van der Waals surface area contributed by atoms with Crippen LogP contribution in [0.15, 0.2) is 53.5 Å². The van der Waals surface area contributed by atoms with Gasteiger partial charge in [0.25, 0.3) is 0 Å². The maximum absolute atomic E-state index is 13.4. The van der Waals surface area contributed by atoms with Crippen LogP contribution in [0.4, 0.5) is 10.1 Å². The molecular weight excluding hydrogens is 253 g/mol. The first-order valence-electron chi connectivity index (χ1n) is 6.58. The molecular formula is C16H18FN3. The van der Waals surface area contributed by atoms with E-state index in [2.05, 4.69) is 23.3 Å². The standard InChI is InChI=1S/C16H18FN3/c1-2-12-6-5-8-14(10-12)20-16(18)19-11-13-7-3-4-9-15(13)17/h3-10H,2,11H2,1H3,(H3,18,19,20). The molecule has 0 bridgehead atoms. The quantitative estimate of drug-likeness (QED) is 0.662. The van der Waals surface area contributed by atoms with Gasteiger partial charge in [-0.2, -0.15) is 0 Å². The Morgan fingerprint density at radius 1 is 1.20 bits per heavy atom. The molecule has 0 radical (unpaired) electrons. The van der Waals surface area contributed by atoms with Gasteiger partial charge in [0.2, 0.25) is 0 Å². The number of anilines is 1. The van der Waals surface area contributed by atoms with E-state index in [0.717, 1.165) is 12.1 Å². The van der Waals surface area contributed by atoms with E-state index >= 15 is 0 Å². The van der Waals surface area contributed by atoms with Crippen LogP contribution in [-0.4, -0.2) is 5.96 Å². The van der Waals surface area contributed by atoms with Gasteiger partial charge in [-0.1, -0.05) is 37.3 Å². The second kappa shape index (κ2) is 6.70. The van der Waals surface area contributed by atoms with Crippen molar-refractivity contribution >= 4 is 11.6 Å². The summed E-state index contributed by atoms with van der Waals surface area (Å²) in [5.41, 5.74) is 8.45. The molecule has 2 rings (SSSR count). The van der Waals surface area contributed by atoms with Crippen LogP contribution in [0.1, 0.15) is 18.1 Å². The van der Waals surface area contributed by atoms with Crippen LogP contribution in [0.25, 0.3) is 0 Å². The number of nitrogens with zero attached hydrogens (tertiary/aromatic N) is 1. The predicted octanol–water partition coefficient (Wildman–Crippen LogP) is 3.31. The number of guanidine groups is 1. The zero-order chi connectivity index (χ0) is 14.4. The first-order valence-corrected chi connectivity index (χ1v) is 6.58. The second-order valence-corrected chi connectivity index (χ2v) is 4.47. The molecule has 0 aliphatic carbocycles. The first-order chi connectivity index (χ1) is 9.69. The SMILES string of the molecule is CCc1cccc(NC(N)=NCc2ccccc2F)c1. The fourth-order valence-corrected chi connectivity index (χ4v) is 1.85. The number of aliphatic imine (C=N–C) groups is 1. The van der Waals surface area contributed by atoms with Crippen LogP contribution in [0, 0.1) is 5.82 Å². The minimum Gasteiger partial charge on any atom is -0.370 e. The van der Waals surface area contributed by atoms with E-state index in [1.54, 1.807) is 18.2 Å². The van der Waals surface area contributed by atoms with E-state index in [4.69, 9.17) is 5.73 Å². The number of nitrogens with one attached hydrogen (secondary N) is 1. The van der Waals surface area contributed by atoms with E-state index in [1.165, 1.54) is 11.6 Å². The number of aryl methyl sites for hydroxylation is 1. The Balaban J connectivity index is 2.02. The fourth-order valence-electron chi connectivity index (χ4n) is 1.85. The molecule has 0 saturated heterocycles. The third kappa shape index (κ3) is 3.82. The first kappa shape index (κ1) is 14.1. The molecule has 0 spiro atoms. The van der Waals surface area contributed by atoms with Crippen molar-refractivity contribution in [3.63, 3.8) is 0 Å². The number of nitrogens with two attached hydrogens (primary N) is 1. The number of hydrogen-bond donors (Lipinski definition) is 2. The summed E-state index contributed by atoms with van der Waals surface area (Å²) in [6, 6.07) is 14.5. The van der Waals surface area contributed by atoms with Gasteiger partial charge < -0.3 is 11.1 Å². The van der Waals surface area contributed by atoms with Crippen LogP contribution in [0.5, 0.6) is 0 Å². The summed E-state index contributed by atoms with van der Waals surface area (Å²) in [6.45, 7) is 2.31. The lowest BCUT2D eigenvalue weighted by atomic mass is 10.1. The zero-order valence-corrected chi connectivity index (χ0v) is 11.4. The van der Waals surface area contributed by atoms with Crippen LogP contribution in [0.2, 0.25) is 0 Å². The predicted molar refractivity (Wildman–Crippen MR) is 81.2 cm³/mol. The van der Waals surface area contributed by atoms with Crippen molar-refractivity contribution in [2.75, 3.05) is 5.32 Å². The van der Waals surface area contributed by atoms with Gasteiger partial charge in [0, 0.05) is 11.3 Å². The number of benzene rings is 2. The molecule has 0 atom stereocenters. The Bertz CT molecular complexity index is 608. The summed E-state index contributed by atoms with van der Waals surface area (Å²) < 4.78 is 13.4. The van der Waals surface area contributed by atoms with E-state index in [9.17, 15) is 4.39 Å². The summed E-state index contributed by atoms with van der Waals surface area (Å²) in [6.07, 6.45) is 0.960. The number of rotatable bonds is 4. The third-order valence-corrected chi connectivity index (χ3v) is 2.99. The molecule has 0 amide bonds. The van der Waals surface area contributed by atoms with Gasteiger partial charge in [-0.15, -0.1) is 0 Å². The summed E-state index contributed by atoms with van der Waals surface area (Å²) in [4.78, 5) is 4.15. The Morgan fingerprint density at radius 2 is 2.00 bits per heavy atom. The van der Waals surface area contributed by atoms with Gasteiger partial charge in [-0.05, 0) is 30.2 Å². The van der Waals surface area contributed by atoms with E-state index in [1.807, 2.05) is 18.2 Å². The molecule has 3 N–H and O–H groups in total. The molecule has 2 aromatic rings. The van der Waals surface area contributed by atoms with Crippen molar-refractivity contribution < 1.29 is 4.39 Å². The van der Waals surface area contributed by atoms with E-state index in [-0.39, 0.29) is 18.3 Å². The smallest absolute Gasteiger partial charge is 0.193 e. The number of hydrogen-bond acceptors (Lipinski definition) is 1. The molecule has 0 fully saturated rings. The monoisotopic (exact) mass is 271 g/mol. The minimum absolute atomic E-state index is 0.221. The van der Waals surface area contributed by atoms with Crippen molar-refractivity contribution in [3.05, 3.63) is 65.5 Å². The Hall–Kier alpha value is -2.36. The topological polar surface area (TPSA) is 50.4 Å². The van der Waals surface area contributed by atoms with Gasteiger partial charge in [0.1, 0.15) is 5.82 Å². The molecule has 0 aliphatic rings. The fraction of sp³-hybridized carbons (Fsp3) is 0.188. The van der Waals surface area contributed by atoms with Crippen LogP contribution >= 0.6 is 0 Å². The lowest BCUT2D eigenvalue weighted by molar-refractivity contribution is 0.611. The maximum atomic E-state index is 13.4.